The lowest BCUT2D eigenvalue weighted by Crippen LogP contribution is -2.59. The third-order valence-corrected chi connectivity index (χ3v) is 5.77. The second-order valence-electron chi connectivity index (χ2n) is 7.78. The lowest BCUT2D eigenvalue weighted by Gasteiger charge is -2.37. The van der Waals surface area contributed by atoms with Gasteiger partial charge in [-0.1, -0.05) is 23.7 Å². The molecule has 1 saturated heterocycles. The van der Waals surface area contributed by atoms with Gasteiger partial charge in [0.25, 0.3) is 0 Å². The SMILES string of the molecule is CN1CC[N+](C)(C(=O)c2cc3nc(-c4ccc(Cl)cc4)cc(C(F)(F)F)n3n2)CC1. The summed E-state index contributed by atoms with van der Waals surface area (Å²) < 4.78 is 42.1. The zero-order valence-corrected chi connectivity index (χ0v) is 17.2. The maximum atomic E-state index is 13.8. The van der Waals surface area contributed by atoms with Crippen LogP contribution in [0.5, 0.6) is 0 Å². The van der Waals surface area contributed by atoms with Gasteiger partial charge in [0.1, 0.15) is 0 Å². The minimum atomic E-state index is -4.67. The Labute approximate surface area is 176 Å². The number of aromatic nitrogens is 3. The highest BCUT2D eigenvalue weighted by molar-refractivity contribution is 6.30. The average Bonchev–Trinajstić information content (AvgIpc) is 3.12. The van der Waals surface area contributed by atoms with Crippen molar-refractivity contribution in [3.05, 3.63) is 52.8 Å². The van der Waals surface area contributed by atoms with Gasteiger partial charge < -0.3 is 0 Å². The van der Waals surface area contributed by atoms with E-state index < -0.39 is 11.9 Å². The number of rotatable bonds is 2. The molecule has 3 heterocycles. The van der Waals surface area contributed by atoms with Crippen molar-refractivity contribution >= 4 is 23.2 Å². The number of hydrogen-bond donors (Lipinski definition) is 0. The number of quaternary nitrogens is 1. The Bertz CT molecular complexity index is 1100. The summed E-state index contributed by atoms with van der Waals surface area (Å²) >= 11 is 5.88. The first kappa shape index (κ1) is 20.8. The van der Waals surface area contributed by atoms with Gasteiger partial charge in [0.15, 0.2) is 17.0 Å². The standard InChI is InChI=1S/C20H20ClF3N5O/c1-27-7-9-29(2,10-8-27)19(30)16-12-18-25-15(13-3-5-14(21)6-4-13)11-17(20(22,23)24)28(18)26-16/h3-6,11-12H,7-10H2,1-2H3/q+1. The van der Waals surface area contributed by atoms with E-state index in [9.17, 15) is 18.0 Å². The quantitative estimate of drug-likeness (QED) is 0.574. The monoisotopic (exact) mass is 438 g/mol. The molecule has 0 unspecified atom stereocenters. The minimum Gasteiger partial charge on any atom is -0.295 e. The first-order valence-corrected chi connectivity index (χ1v) is 9.77. The van der Waals surface area contributed by atoms with E-state index in [1.165, 1.54) is 6.07 Å². The van der Waals surface area contributed by atoms with Crippen LogP contribution in [0.1, 0.15) is 16.2 Å². The number of carbonyl (C=O) groups excluding carboxylic acids is 1. The number of hydrogen-bond acceptors (Lipinski definition) is 4. The lowest BCUT2D eigenvalue weighted by atomic mass is 10.1. The van der Waals surface area contributed by atoms with E-state index in [0.717, 1.165) is 19.2 Å². The molecule has 1 amide bonds. The van der Waals surface area contributed by atoms with Crippen LogP contribution in [0, 0.1) is 0 Å². The molecule has 0 bridgehead atoms. The summed E-state index contributed by atoms with van der Waals surface area (Å²) in [5.41, 5.74) is -0.422. The molecule has 0 atom stereocenters. The summed E-state index contributed by atoms with van der Waals surface area (Å²) in [7, 11) is 3.76. The summed E-state index contributed by atoms with van der Waals surface area (Å²) in [6, 6.07) is 8.63. The van der Waals surface area contributed by atoms with Crippen molar-refractivity contribution in [2.24, 2.45) is 0 Å². The summed E-state index contributed by atoms with van der Waals surface area (Å²) in [6.07, 6.45) is -4.67. The highest BCUT2D eigenvalue weighted by Crippen LogP contribution is 2.33. The Morgan fingerprint density at radius 2 is 1.77 bits per heavy atom. The summed E-state index contributed by atoms with van der Waals surface area (Å²) in [6.45, 7) is 2.59. The molecule has 1 aromatic carbocycles. The molecule has 0 N–H and O–H groups in total. The summed E-state index contributed by atoms with van der Waals surface area (Å²) in [5, 5.41) is 4.47. The molecule has 1 fully saturated rings. The second-order valence-corrected chi connectivity index (χ2v) is 8.22. The number of alkyl halides is 3. The van der Waals surface area contributed by atoms with Gasteiger partial charge >= 0.3 is 12.1 Å². The number of amides is 1. The highest BCUT2D eigenvalue weighted by atomic mass is 35.5. The molecule has 0 spiro atoms. The Balaban J connectivity index is 1.81. The molecule has 30 heavy (non-hydrogen) atoms. The topological polar surface area (TPSA) is 50.5 Å². The number of benzene rings is 1. The van der Waals surface area contributed by atoms with Gasteiger partial charge in [-0.15, -0.1) is 0 Å². The fraction of sp³-hybridized carbons (Fsp3) is 0.350. The van der Waals surface area contributed by atoms with Gasteiger partial charge in [-0.05, 0) is 25.2 Å². The third kappa shape index (κ3) is 3.80. The molecule has 158 valence electrons. The third-order valence-electron chi connectivity index (χ3n) is 5.52. The number of fused-ring (bicyclic) bond motifs is 1. The van der Waals surface area contributed by atoms with Crippen LogP contribution in [0.25, 0.3) is 16.9 Å². The van der Waals surface area contributed by atoms with Gasteiger partial charge in [0.05, 0.1) is 25.8 Å². The van der Waals surface area contributed by atoms with E-state index in [1.807, 2.05) is 7.05 Å². The van der Waals surface area contributed by atoms with Crippen LogP contribution in [0.2, 0.25) is 5.02 Å². The molecule has 1 aliphatic heterocycles. The van der Waals surface area contributed by atoms with Crippen molar-refractivity contribution in [2.75, 3.05) is 40.3 Å². The van der Waals surface area contributed by atoms with Gasteiger partial charge in [-0.2, -0.15) is 18.3 Å². The highest BCUT2D eigenvalue weighted by Gasteiger charge is 2.39. The van der Waals surface area contributed by atoms with Gasteiger partial charge in [0, 0.05) is 29.7 Å². The van der Waals surface area contributed by atoms with E-state index in [2.05, 4.69) is 15.0 Å². The molecule has 4 rings (SSSR count). The van der Waals surface area contributed by atoms with Crippen LogP contribution in [0.4, 0.5) is 13.2 Å². The molecule has 0 aliphatic carbocycles. The van der Waals surface area contributed by atoms with E-state index in [1.54, 1.807) is 31.3 Å². The maximum absolute atomic E-state index is 13.8. The van der Waals surface area contributed by atoms with Crippen molar-refractivity contribution < 1.29 is 22.4 Å². The smallest absolute Gasteiger partial charge is 0.295 e. The molecule has 3 aromatic rings. The maximum Gasteiger partial charge on any atom is 0.433 e. The van der Waals surface area contributed by atoms with Crippen LogP contribution in [0.15, 0.2) is 36.4 Å². The first-order chi connectivity index (χ1) is 14.1. The Morgan fingerprint density at radius 3 is 2.37 bits per heavy atom. The first-order valence-electron chi connectivity index (χ1n) is 9.39. The second kappa shape index (κ2) is 7.33. The van der Waals surface area contributed by atoms with E-state index in [0.29, 0.717) is 28.2 Å². The van der Waals surface area contributed by atoms with Gasteiger partial charge in [-0.25, -0.2) is 14.3 Å². The molecule has 0 radical (unpaired) electrons. The van der Waals surface area contributed by atoms with Crippen LogP contribution >= 0.6 is 11.6 Å². The predicted octanol–water partition coefficient (Wildman–Crippen LogP) is 3.60. The Hall–Kier alpha value is -2.49. The molecule has 6 nitrogen and oxygen atoms in total. The van der Waals surface area contributed by atoms with Crippen LogP contribution in [-0.2, 0) is 6.18 Å². The van der Waals surface area contributed by atoms with Gasteiger partial charge in [-0.3, -0.25) is 9.38 Å². The van der Waals surface area contributed by atoms with E-state index in [-0.39, 0.29) is 27.4 Å². The number of piperazine rings is 1. The minimum absolute atomic E-state index is 0.0201. The van der Waals surface area contributed by atoms with Crippen LogP contribution in [0.3, 0.4) is 0 Å². The van der Waals surface area contributed by atoms with E-state index >= 15 is 0 Å². The lowest BCUT2D eigenvalue weighted by molar-refractivity contribution is -0.833. The average molecular weight is 439 g/mol. The Morgan fingerprint density at radius 1 is 1.13 bits per heavy atom. The molecular weight excluding hydrogens is 419 g/mol. The van der Waals surface area contributed by atoms with Crippen molar-refractivity contribution in [2.45, 2.75) is 6.18 Å². The largest absolute Gasteiger partial charge is 0.433 e. The van der Waals surface area contributed by atoms with E-state index in [4.69, 9.17) is 11.6 Å². The number of likely N-dealkylation sites (N-methyl/N-ethyl adjacent to an activating group) is 2. The van der Waals surface area contributed by atoms with Crippen LogP contribution in [-0.4, -0.2) is 70.2 Å². The number of nitrogens with zero attached hydrogens (tertiary/aromatic N) is 5. The van der Waals surface area contributed by atoms with Crippen LogP contribution < -0.4 is 0 Å². The molecule has 0 saturated carbocycles. The van der Waals surface area contributed by atoms with Crippen molar-refractivity contribution in [3.8, 4) is 11.3 Å². The van der Waals surface area contributed by atoms with Gasteiger partial charge in [0.2, 0.25) is 0 Å². The Kier molecular flexibility index (Phi) is 5.08. The number of carbonyl (C=O) groups is 1. The normalized spacial score (nSPS) is 17.4. The molecule has 2 aromatic heterocycles. The fourth-order valence-corrected chi connectivity index (χ4v) is 3.66. The predicted molar refractivity (Wildman–Crippen MR) is 106 cm³/mol. The van der Waals surface area contributed by atoms with Crippen molar-refractivity contribution in [3.63, 3.8) is 0 Å². The number of halogens is 4. The summed E-state index contributed by atoms with van der Waals surface area (Å²) in [5.74, 6) is -0.310. The fourth-order valence-electron chi connectivity index (χ4n) is 3.54. The molecule has 1 aliphatic rings. The molecular formula is C20H20ClF3N5O+. The van der Waals surface area contributed by atoms with Crippen molar-refractivity contribution in [1.82, 2.24) is 19.5 Å². The summed E-state index contributed by atoms with van der Waals surface area (Å²) in [4.78, 5) is 19.5. The molecule has 10 heteroatoms. The van der Waals surface area contributed by atoms with Crippen molar-refractivity contribution in [1.29, 1.82) is 0 Å². The zero-order valence-electron chi connectivity index (χ0n) is 16.4. The zero-order chi connectivity index (χ0) is 21.7.